The smallest absolute Gasteiger partial charge is 0.133 e. The van der Waals surface area contributed by atoms with Gasteiger partial charge in [-0.05, 0) is 41.5 Å². The second kappa shape index (κ2) is 5.74. The second-order valence-electron chi connectivity index (χ2n) is 6.27. The predicted octanol–water partition coefficient (Wildman–Crippen LogP) is 5.42. The lowest BCUT2D eigenvalue weighted by Gasteiger charge is -2.07. The summed E-state index contributed by atoms with van der Waals surface area (Å²) >= 11 is 3.50. The predicted molar refractivity (Wildman–Crippen MR) is 106 cm³/mol. The van der Waals surface area contributed by atoms with Crippen LogP contribution in [0.1, 0.15) is 5.56 Å². The number of aromatic nitrogens is 2. The second-order valence-corrected chi connectivity index (χ2v) is 7.18. The van der Waals surface area contributed by atoms with Crippen molar-refractivity contribution in [1.29, 1.82) is 0 Å². The highest BCUT2D eigenvalue weighted by Gasteiger charge is 2.24. The molecule has 0 saturated heterocycles. The molecule has 1 aliphatic rings. The summed E-state index contributed by atoms with van der Waals surface area (Å²) < 4.78 is 3.11. The van der Waals surface area contributed by atoms with Crippen molar-refractivity contribution in [3.8, 4) is 16.9 Å². The Bertz CT molecular complexity index is 1070. The highest BCUT2D eigenvalue weighted by atomic mass is 79.9. The molecule has 25 heavy (non-hydrogen) atoms. The van der Waals surface area contributed by atoms with Gasteiger partial charge in [0.25, 0.3) is 0 Å². The summed E-state index contributed by atoms with van der Waals surface area (Å²) in [7, 11) is 0. The Labute approximate surface area is 154 Å². The van der Waals surface area contributed by atoms with Crippen LogP contribution in [0.5, 0.6) is 0 Å². The maximum atomic E-state index is 4.99. The molecule has 0 spiro atoms. The monoisotopic (exact) mass is 389 g/mol. The topological polar surface area (TPSA) is 29.9 Å². The molecule has 0 radical (unpaired) electrons. The Balaban J connectivity index is 1.75. The Morgan fingerprint density at radius 1 is 0.920 bits per heavy atom. The van der Waals surface area contributed by atoms with Crippen LogP contribution < -0.4 is 5.32 Å². The van der Waals surface area contributed by atoms with Gasteiger partial charge in [-0.25, -0.2) is 4.68 Å². The summed E-state index contributed by atoms with van der Waals surface area (Å²) in [5.41, 5.74) is 4.66. The van der Waals surface area contributed by atoms with Crippen molar-refractivity contribution in [2.75, 3.05) is 11.9 Å². The van der Waals surface area contributed by atoms with E-state index in [4.69, 9.17) is 5.10 Å². The molecule has 0 bridgehead atoms. The highest BCUT2D eigenvalue weighted by Crippen LogP contribution is 2.37. The van der Waals surface area contributed by atoms with E-state index in [0.29, 0.717) is 0 Å². The average Bonchev–Trinajstić information content (AvgIpc) is 3.25. The lowest BCUT2D eigenvalue weighted by molar-refractivity contribution is 0.882. The van der Waals surface area contributed by atoms with Gasteiger partial charge in [-0.15, -0.1) is 0 Å². The Morgan fingerprint density at radius 3 is 2.60 bits per heavy atom. The quantitative estimate of drug-likeness (QED) is 0.495. The number of nitrogens with zero attached hydrogens (tertiary/aromatic N) is 2. The number of rotatable bonds is 2. The summed E-state index contributed by atoms with van der Waals surface area (Å²) in [6.07, 6.45) is 1.00. The SMILES string of the molecule is Brc1ccc(-n2nc(-c3cccc4ccccc34)c3c2NCC3)cc1. The van der Waals surface area contributed by atoms with Crippen molar-refractivity contribution < 1.29 is 0 Å². The van der Waals surface area contributed by atoms with Crippen molar-refractivity contribution in [2.45, 2.75) is 6.42 Å². The molecular weight excluding hydrogens is 374 g/mol. The fourth-order valence-electron chi connectivity index (χ4n) is 3.59. The standard InChI is InChI=1S/C21H16BrN3/c22-15-8-10-16(11-9-15)25-21-19(12-13-23-21)20(24-25)18-7-3-5-14-4-1-2-6-17(14)18/h1-11,23H,12-13H2. The fourth-order valence-corrected chi connectivity index (χ4v) is 3.86. The van der Waals surface area contributed by atoms with Gasteiger partial charge in [0.1, 0.15) is 5.82 Å². The Morgan fingerprint density at radius 2 is 1.72 bits per heavy atom. The molecule has 3 nitrogen and oxygen atoms in total. The number of fused-ring (bicyclic) bond motifs is 2. The van der Waals surface area contributed by atoms with Gasteiger partial charge in [-0.3, -0.25) is 0 Å². The van der Waals surface area contributed by atoms with Gasteiger partial charge in [0.15, 0.2) is 0 Å². The molecule has 122 valence electrons. The van der Waals surface area contributed by atoms with Crippen molar-refractivity contribution in [1.82, 2.24) is 9.78 Å². The van der Waals surface area contributed by atoms with E-state index in [0.717, 1.165) is 34.6 Å². The molecule has 1 aliphatic heterocycles. The third-order valence-electron chi connectivity index (χ3n) is 4.77. The minimum Gasteiger partial charge on any atom is -0.369 e. The zero-order valence-electron chi connectivity index (χ0n) is 13.5. The number of anilines is 1. The molecule has 0 saturated carbocycles. The summed E-state index contributed by atoms with van der Waals surface area (Å²) in [5, 5.41) is 11.0. The first-order chi connectivity index (χ1) is 12.3. The summed E-state index contributed by atoms with van der Waals surface area (Å²) in [5.74, 6) is 1.12. The van der Waals surface area contributed by atoms with Crippen LogP contribution in [0.4, 0.5) is 5.82 Å². The van der Waals surface area contributed by atoms with Gasteiger partial charge >= 0.3 is 0 Å². The van der Waals surface area contributed by atoms with Gasteiger partial charge in [-0.2, -0.15) is 5.10 Å². The van der Waals surface area contributed by atoms with E-state index < -0.39 is 0 Å². The number of halogens is 1. The van der Waals surface area contributed by atoms with Gasteiger partial charge in [-0.1, -0.05) is 58.4 Å². The number of hydrogen-bond acceptors (Lipinski definition) is 2. The first kappa shape index (κ1) is 14.7. The van der Waals surface area contributed by atoms with E-state index in [-0.39, 0.29) is 0 Å². The Kier molecular flexibility index (Phi) is 3.38. The minimum atomic E-state index is 0.960. The first-order valence-electron chi connectivity index (χ1n) is 8.41. The zero-order chi connectivity index (χ0) is 16.8. The minimum absolute atomic E-state index is 0.960. The lowest BCUT2D eigenvalue weighted by Crippen LogP contribution is -2.04. The summed E-state index contributed by atoms with van der Waals surface area (Å²) in [6, 6.07) is 23.2. The molecule has 5 rings (SSSR count). The summed E-state index contributed by atoms with van der Waals surface area (Å²) in [6.45, 7) is 0.960. The van der Waals surface area contributed by atoms with Crippen LogP contribution in [0.3, 0.4) is 0 Å². The Hall–Kier alpha value is -2.59. The van der Waals surface area contributed by atoms with E-state index in [1.165, 1.54) is 21.9 Å². The van der Waals surface area contributed by atoms with Crippen LogP contribution in [0.15, 0.2) is 71.2 Å². The molecule has 4 heteroatoms. The molecule has 0 unspecified atom stereocenters. The molecule has 1 aromatic heterocycles. The molecular formula is C21H16BrN3. The van der Waals surface area contributed by atoms with Gasteiger partial charge in [0.05, 0.1) is 11.4 Å². The van der Waals surface area contributed by atoms with Gasteiger partial charge in [0, 0.05) is 22.1 Å². The van der Waals surface area contributed by atoms with Gasteiger partial charge < -0.3 is 5.32 Å². The molecule has 0 aliphatic carbocycles. The maximum absolute atomic E-state index is 4.99. The average molecular weight is 390 g/mol. The van der Waals surface area contributed by atoms with Crippen molar-refractivity contribution in [3.63, 3.8) is 0 Å². The summed E-state index contributed by atoms with van der Waals surface area (Å²) in [4.78, 5) is 0. The molecule has 2 heterocycles. The molecule has 4 aromatic rings. The largest absolute Gasteiger partial charge is 0.369 e. The first-order valence-corrected chi connectivity index (χ1v) is 9.20. The third kappa shape index (κ3) is 2.36. The van der Waals surface area contributed by atoms with Crippen molar-refractivity contribution >= 4 is 32.5 Å². The zero-order valence-corrected chi connectivity index (χ0v) is 15.1. The van der Waals surface area contributed by atoms with Crippen molar-refractivity contribution in [2.24, 2.45) is 0 Å². The van der Waals surface area contributed by atoms with Crippen LogP contribution in [0, 0.1) is 0 Å². The number of hydrogen-bond donors (Lipinski definition) is 1. The van der Waals surface area contributed by atoms with E-state index in [9.17, 15) is 0 Å². The molecule has 1 N–H and O–H groups in total. The molecule has 0 atom stereocenters. The van der Waals surface area contributed by atoms with E-state index in [2.05, 4.69) is 88.0 Å². The molecule has 0 amide bonds. The highest BCUT2D eigenvalue weighted by molar-refractivity contribution is 9.10. The normalized spacial score (nSPS) is 13.0. The van der Waals surface area contributed by atoms with E-state index in [1.807, 2.05) is 4.68 Å². The molecule has 3 aromatic carbocycles. The third-order valence-corrected chi connectivity index (χ3v) is 5.30. The maximum Gasteiger partial charge on any atom is 0.133 e. The van der Waals surface area contributed by atoms with Crippen LogP contribution >= 0.6 is 15.9 Å². The van der Waals surface area contributed by atoms with Crippen molar-refractivity contribution in [3.05, 3.63) is 76.8 Å². The van der Waals surface area contributed by atoms with Crippen LogP contribution in [-0.4, -0.2) is 16.3 Å². The van der Waals surface area contributed by atoms with Crippen LogP contribution in [0.2, 0.25) is 0 Å². The van der Waals surface area contributed by atoms with Gasteiger partial charge in [0.2, 0.25) is 0 Å². The fraction of sp³-hybridized carbons (Fsp3) is 0.0952. The van der Waals surface area contributed by atoms with E-state index in [1.54, 1.807) is 0 Å². The van der Waals surface area contributed by atoms with Crippen LogP contribution in [0.25, 0.3) is 27.7 Å². The van der Waals surface area contributed by atoms with Crippen LogP contribution in [-0.2, 0) is 6.42 Å². The number of nitrogens with one attached hydrogen (secondary N) is 1. The lowest BCUT2D eigenvalue weighted by atomic mass is 9.99. The van der Waals surface area contributed by atoms with E-state index >= 15 is 0 Å². The number of benzene rings is 3. The molecule has 0 fully saturated rings.